The molecular weight excluding hydrogens is 334 g/mol. The first-order chi connectivity index (χ1) is 12.2. The van der Waals surface area contributed by atoms with Crippen LogP contribution in [0, 0.1) is 0 Å². The summed E-state index contributed by atoms with van der Waals surface area (Å²) in [6.45, 7) is 0.719. The van der Waals surface area contributed by atoms with Crippen molar-refractivity contribution in [3.63, 3.8) is 0 Å². The Morgan fingerprint density at radius 3 is 3.04 bits per heavy atom. The molecule has 0 unspecified atom stereocenters. The molecular formula is C19H17N3O2S. The van der Waals surface area contributed by atoms with E-state index in [2.05, 4.69) is 10.3 Å². The van der Waals surface area contributed by atoms with Crippen molar-refractivity contribution in [2.75, 3.05) is 5.32 Å². The second kappa shape index (κ2) is 6.64. The number of amides is 1. The number of anilines is 1. The van der Waals surface area contributed by atoms with Crippen molar-refractivity contribution >= 4 is 39.9 Å². The SMILES string of the molecule is O=C(/C=C/c1cccs1)Nc1ccc2nc3n(c(=O)c2c1)CCCC3. The predicted molar refractivity (Wildman–Crippen MR) is 101 cm³/mol. The smallest absolute Gasteiger partial charge is 0.261 e. The number of fused-ring (bicyclic) bond motifs is 2. The molecule has 0 saturated heterocycles. The third kappa shape index (κ3) is 3.25. The van der Waals surface area contributed by atoms with Gasteiger partial charge in [-0.15, -0.1) is 11.3 Å². The van der Waals surface area contributed by atoms with Gasteiger partial charge >= 0.3 is 0 Å². The van der Waals surface area contributed by atoms with Crippen LogP contribution in [0.5, 0.6) is 0 Å². The highest BCUT2D eigenvalue weighted by Gasteiger charge is 2.14. The van der Waals surface area contributed by atoms with E-state index in [0.29, 0.717) is 16.6 Å². The Hall–Kier alpha value is -2.73. The van der Waals surface area contributed by atoms with Crippen LogP contribution in [0.4, 0.5) is 5.69 Å². The highest BCUT2D eigenvalue weighted by Crippen LogP contribution is 2.18. The summed E-state index contributed by atoms with van der Waals surface area (Å²) in [7, 11) is 0. The fraction of sp³-hybridized carbons (Fsp3) is 0.211. The van der Waals surface area contributed by atoms with Gasteiger partial charge in [0, 0.05) is 29.6 Å². The van der Waals surface area contributed by atoms with Gasteiger partial charge in [-0.3, -0.25) is 14.2 Å². The zero-order valence-corrected chi connectivity index (χ0v) is 14.4. The van der Waals surface area contributed by atoms with Crippen LogP contribution in [0.1, 0.15) is 23.5 Å². The molecule has 6 heteroatoms. The van der Waals surface area contributed by atoms with E-state index >= 15 is 0 Å². The fourth-order valence-electron chi connectivity index (χ4n) is 3.05. The molecule has 0 fully saturated rings. The maximum absolute atomic E-state index is 12.7. The van der Waals surface area contributed by atoms with Gasteiger partial charge in [0.1, 0.15) is 5.82 Å². The van der Waals surface area contributed by atoms with E-state index in [0.717, 1.165) is 36.5 Å². The van der Waals surface area contributed by atoms with E-state index in [9.17, 15) is 9.59 Å². The van der Waals surface area contributed by atoms with Crippen molar-refractivity contribution in [2.24, 2.45) is 0 Å². The number of aromatic nitrogens is 2. The first-order valence-corrected chi connectivity index (χ1v) is 9.15. The lowest BCUT2D eigenvalue weighted by molar-refractivity contribution is -0.111. The van der Waals surface area contributed by atoms with Crippen LogP contribution in [0.25, 0.3) is 17.0 Å². The molecule has 0 bridgehead atoms. The maximum Gasteiger partial charge on any atom is 0.261 e. The average molecular weight is 351 g/mol. The van der Waals surface area contributed by atoms with Crippen LogP contribution in [0.3, 0.4) is 0 Å². The molecule has 2 aromatic heterocycles. The highest BCUT2D eigenvalue weighted by molar-refractivity contribution is 7.10. The molecule has 1 amide bonds. The molecule has 0 aliphatic carbocycles. The molecule has 1 aromatic carbocycles. The number of rotatable bonds is 3. The number of thiophene rings is 1. The average Bonchev–Trinajstić information content (AvgIpc) is 3.14. The molecule has 0 radical (unpaired) electrons. The number of benzene rings is 1. The van der Waals surface area contributed by atoms with Gasteiger partial charge in [-0.25, -0.2) is 4.98 Å². The van der Waals surface area contributed by atoms with Crippen molar-refractivity contribution in [1.29, 1.82) is 0 Å². The van der Waals surface area contributed by atoms with E-state index in [4.69, 9.17) is 0 Å². The third-order valence-electron chi connectivity index (χ3n) is 4.27. The number of aryl methyl sites for hydroxylation is 1. The summed E-state index contributed by atoms with van der Waals surface area (Å²) in [5, 5.41) is 5.31. The second-order valence-corrected chi connectivity index (χ2v) is 6.99. The lowest BCUT2D eigenvalue weighted by Crippen LogP contribution is -2.28. The second-order valence-electron chi connectivity index (χ2n) is 6.01. The summed E-state index contributed by atoms with van der Waals surface area (Å²) in [6, 6.07) is 9.17. The summed E-state index contributed by atoms with van der Waals surface area (Å²) < 4.78 is 1.76. The Bertz CT molecular complexity index is 1020. The van der Waals surface area contributed by atoms with Gasteiger partial charge < -0.3 is 5.32 Å². The molecule has 3 aromatic rings. The Balaban J connectivity index is 1.61. The Morgan fingerprint density at radius 1 is 1.28 bits per heavy atom. The summed E-state index contributed by atoms with van der Waals surface area (Å²) in [5.74, 6) is 0.637. The normalized spacial score (nSPS) is 13.9. The number of hydrogen-bond donors (Lipinski definition) is 1. The van der Waals surface area contributed by atoms with E-state index in [1.54, 1.807) is 40.2 Å². The molecule has 0 spiro atoms. The van der Waals surface area contributed by atoms with Gasteiger partial charge in [0.05, 0.1) is 10.9 Å². The molecule has 1 aliphatic rings. The number of carbonyl (C=O) groups excluding carboxylic acids is 1. The Morgan fingerprint density at radius 2 is 2.20 bits per heavy atom. The van der Waals surface area contributed by atoms with Gasteiger partial charge in [-0.05, 0) is 48.6 Å². The fourth-order valence-corrected chi connectivity index (χ4v) is 3.66. The minimum atomic E-state index is -0.223. The largest absolute Gasteiger partial charge is 0.322 e. The van der Waals surface area contributed by atoms with Crippen molar-refractivity contribution < 1.29 is 4.79 Å². The van der Waals surface area contributed by atoms with E-state index in [1.165, 1.54) is 6.08 Å². The van der Waals surface area contributed by atoms with E-state index in [1.807, 2.05) is 17.5 Å². The molecule has 25 heavy (non-hydrogen) atoms. The molecule has 4 rings (SSSR count). The van der Waals surface area contributed by atoms with Crippen LogP contribution >= 0.6 is 11.3 Å². The van der Waals surface area contributed by atoms with Crippen molar-refractivity contribution in [2.45, 2.75) is 25.8 Å². The Labute approximate surface area is 148 Å². The zero-order valence-electron chi connectivity index (χ0n) is 13.6. The van der Waals surface area contributed by atoms with Gasteiger partial charge in [0.25, 0.3) is 5.56 Å². The van der Waals surface area contributed by atoms with Gasteiger partial charge in [0.15, 0.2) is 0 Å². The molecule has 126 valence electrons. The molecule has 1 N–H and O–H groups in total. The summed E-state index contributed by atoms with van der Waals surface area (Å²) in [4.78, 5) is 30.4. The lowest BCUT2D eigenvalue weighted by atomic mass is 10.1. The minimum absolute atomic E-state index is 0.0232. The van der Waals surface area contributed by atoms with Gasteiger partial charge in [-0.1, -0.05) is 6.07 Å². The molecule has 0 atom stereocenters. The first-order valence-electron chi connectivity index (χ1n) is 8.27. The summed E-state index contributed by atoms with van der Waals surface area (Å²) >= 11 is 1.57. The van der Waals surface area contributed by atoms with Crippen LogP contribution < -0.4 is 10.9 Å². The quantitative estimate of drug-likeness (QED) is 0.735. The molecule has 0 saturated carbocycles. The van der Waals surface area contributed by atoms with Crippen LogP contribution in [0.15, 0.2) is 46.6 Å². The zero-order chi connectivity index (χ0) is 17.2. The third-order valence-corrected chi connectivity index (χ3v) is 5.11. The summed E-state index contributed by atoms with van der Waals surface area (Å²) in [5.41, 5.74) is 1.26. The topological polar surface area (TPSA) is 64.0 Å². The van der Waals surface area contributed by atoms with Gasteiger partial charge in [-0.2, -0.15) is 0 Å². The standard InChI is InChI=1S/C19H17N3O2S/c23-18(9-7-14-4-3-11-25-14)20-13-6-8-16-15(12-13)19(24)22-10-2-1-5-17(22)21-16/h3-4,6-9,11-12H,1-2,5,10H2,(H,20,23)/b9-7+. The van der Waals surface area contributed by atoms with Crippen molar-refractivity contribution in [3.05, 3.63) is 62.8 Å². The van der Waals surface area contributed by atoms with Gasteiger partial charge in [0.2, 0.25) is 5.91 Å². The monoisotopic (exact) mass is 351 g/mol. The molecule has 5 nitrogen and oxygen atoms in total. The molecule has 3 heterocycles. The number of hydrogen-bond acceptors (Lipinski definition) is 4. The number of carbonyl (C=O) groups is 1. The highest BCUT2D eigenvalue weighted by atomic mass is 32.1. The van der Waals surface area contributed by atoms with Crippen LogP contribution in [-0.2, 0) is 17.8 Å². The summed E-state index contributed by atoms with van der Waals surface area (Å²) in [6.07, 6.45) is 6.19. The predicted octanol–water partition coefficient (Wildman–Crippen LogP) is 3.45. The Kier molecular flexibility index (Phi) is 4.19. The van der Waals surface area contributed by atoms with Crippen molar-refractivity contribution in [3.8, 4) is 0 Å². The minimum Gasteiger partial charge on any atom is -0.322 e. The van der Waals surface area contributed by atoms with Crippen LogP contribution in [-0.4, -0.2) is 15.5 Å². The van der Waals surface area contributed by atoms with E-state index in [-0.39, 0.29) is 11.5 Å². The van der Waals surface area contributed by atoms with Crippen LogP contribution in [0.2, 0.25) is 0 Å². The van der Waals surface area contributed by atoms with Crippen molar-refractivity contribution in [1.82, 2.24) is 9.55 Å². The molecule has 1 aliphatic heterocycles. The maximum atomic E-state index is 12.7. The first kappa shape index (κ1) is 15.8. The number of nitrogens with zero attached hydrogens (tertiary/aromatic N) is 2. The van der Waals surface area contributed by atoms with E-state index < -0.39 is 0 Å². The lowest BCUT2D eigenvalue weighted by Gasteiger charge is -2.17. The number of nitrogens with one attached hydrogen (secondary N) is 1.